The van der Waals surface area contributed by atoms with Crippen LogP contribution >= 0.6 is 11.6 Å². The Balaban J connectivity index is 1.85. The molecule has 0 amide bonds. The lowest BCUT2D eigenvalue weighted by molar-refractivity contribution is -0.119. The maximum atomic E-state index is 13.3. The lowest BCUT2D eigenvalue weighted by atomic mass is 9.64. The van der Waals surface area contributed by atoms with E-state index in [-0.39, 0.29) is 28.3 Å². The summed E-state index contributed by atoms with van der Waals surface area (Å²) < 4.78 is 5.74. The minimum Gasteiger partial charge on any atom is -0.492 e. The number of hydrogen-bond donors (Lipinski definition) is 1. The molecule has 166 valence electrons. The zero-order valence-corrected chi connectivity index (χ0v) is 19.9. The summed E-state index contributed by atoms with van der Waals surface area (Å²) in [4.78, 5) is 26.7. The Morgan fingerprint density at radius 2 is 1.52 bits per heavy atom. The second-order valence-corrected chi connectivity index (χ2v) is 11.2. The van der Waals surface area contributed by atoms with E-state index in [9.17, 15) is 9.59 Å². The Hall–Kier alpha value is -2.07. The smallest absolute Gasteiger partial charge is 0.162 e. The average Bonchev–Trinajstić information content (AvgIpc) is 2.63. The summed E-state index contributed by atoms with van der Waals surface area (Å²) in [6, 6.07) is 5.70. The van der Waals surface area contributed by atoms with Gasteiger partial charge in [-0.2, -0.15) is 0 Å². The summed E-state index contributed by atoms with van der Waals surface area (Å²) in [7, 11) is 0. The number of ketones is 2. The highest BCUT2D eigenvalue weighted by Gasteiger charge is 2.46. The molecular formula is C26H32ClNO3. The molecule has 0 atom stereocenters. The predicted molar refractivity (Wildman–Crippen MR) is 123 cm³/mol. The number of allylic oxidation sites excluding steroid dienone is 4. The number of rotatable bonds is 4. The number of benzene rings is 1. The first-order valence-electron chi connectivity index (χ1n) is 11.2. The van der Waals surface area contributed by atoms with E-state index < -0.39 is 0 Å². The van der Waals surface area contributed by atoms with Crippen LogP contribution in [0.3, 0.4) is 0 Å². The summed E-state index contributed by atoms with van der Waals surface area (Å²) >= 11 is 6.56. The van der Waals surface area contributed by atoms with Gasteiger partial charge >= 0.3 is 0 Å². The van der Waals surface area contributed by atoms with Gasteiger partial charge in [0.25, 0.3) is 0 Å². The van der Waals surface area contributed by atoms with Gasteiger partial charge in [0, 0.05) is 41.3 Å². The van der Waals surface area contributed by atoms with Crippen LogP contribution in [0.1, 0.15) is 78.2 Å². The van der Waals surface area contributed by atoms with Gasteiger partial charge in [-0.25, -0.2) is 0 Å². The number of hydrogen-bond acceptors (Lipinski definition) is 4. The van der Waals surface area contributed by atoms with Gasteiger partial charge in [-0.3, -0.25) is 9.59 Å². The van der Waals surface area contributed by atoms with Gasteiger partial charge in [0.15, 0.2) is 11.6 Å². The van der Waals surface area contributed by atoms with Gasteiger partial charge in [0.1, 0.15) is 5.75 Å². The van der Waals surface area contributed by atoms with Crippen LogP contribution in [0.15, 0.2) is 40.7 Å². The molecule has 0 saturated heterocycles. The number of Topliss-reactive ketones (excluding diaryl/α,β-unsaturated/α-hetero) is 2. The Morgan fingerprint density at radius 1 is 0.968 bits per heavy atom. The van der Waals surface area contributed by atoms with Gasteiger partial charge in [0.2, 0.25) is 0 Å². The Morgan fingerprint density at radius 3 is 2.00 bits per heavy atom. The van der Waals surface area contributed by atoms with E-state index in [0.29, 0.717) is 30.2 Å². The lowest BCUT2D eigenvalue weighted by Gasteiger charge is -2.44. The van der Waals surface area contributed by atoms with Gasteiger partial charge in [0.05, 0.1) is 11.6 Å². The number of nitrogens with one attached hydrogen (secondary N) is 1. The molecule has 4 rings (SSSR count). The maximum Gasteiger partial charge on any atom is 0.162 e. The third kappa shape index (κ3) is 4.19. The zero-order valence-electron chi connectivity index (χ0n) is 19.2. The Labute approximate surface area is 190 Å². The third-order valence-electron chi connectivity index (χ3n) is 6.47. The van der Waals surface area contributed by atoms with E-state index in [1.807, 2.05) is 25.1 Å². The first-order chi connectivity index (χ1) is 14.5. The normalized spacial score (nSPS) is 22.8. The fourth-order valence-corrected chi connectivity index (χ4v) is 5.49. The van der Waals surface area contributed by atoms with E-state index in [1.54, 1.807) is 0 Å². The molecule has 1 aromatic rings. The Bertz CT molecular complexity index is 963. The molecule has 31 heavy (non-hydrogen) atoms. The van der Waals surface area contributed by atoms with Gasteiger partial charge in [-0.15, -0.1) is 0 Å². The van der Waals surface area contributed by atoms with Crippen molar-refractivity contribution in [3.8, 4) is 5.75 Å². The predicted octanol–water partition coefficient (Wildman–Crippen LogP) is 6.10. The van der Waals surface area contributed by atoms with E-state index in [2.05, 4.69) is 33.0 Å². The first-order valence-corrected chi connectivity index (χ1v) is 11.6. The van der Waals surface area contributed by atoms with E-state index in [4.69, 9.17) is 16.3 Å². The quantitative estimate of drug-likeness (QED) is 0.613. The van der Waals surface area contributed by atoms with Crippen LogP contribution in [0.5, 0.6) is 5.75 Å². The van der Waals surface area contributed by atoms with Crippen LogP contribution < -0.4 is 10.1 Å². The molecule has 0 fully saturated rings. The summed E-state index contributed by atoms with van der Waals surface area (Å²) in [6.07, 6.45) is 3.45. The topological polar surface area (TPSA) is 55.4 Å². The number of halogens is 1. The van der Waals surface area contributed by atoms with E-state index in [0.717, 1.165) is 47.4 Å². The second kappa shape index (κ2) is 7.81. The third-order valence-corrected chi connectivity index (χ3v) is 6.77. The number of carbonyl (C=O) groups excluding carboxylic acids is 2. The monoisotopic (exact) mass is 441 g/mol. The summed E-state index contributed by atoms with van der Waals surface area (Å²) in [5, 5.41) is 4.06. The average molecular weight is 442 g/mol. The first kappa shape index (κ1) is 22.1. The molecule has 0 radical (unpaired) electrons. The maximum absolute atomic E-state index is 13.3. The van der Waals surface area contributed by atoms with Crippen LogP contribution in [0, 0.1) is 10.8 Å². The molecule has 3 aliphatic rings. The lowest BCUT2D eigenvalue weighted by Crippen LogP contribution is -2.42. The number of dihydropyridines is 1. The zero-order chi connectivity index (χ0) is 22.6. The minimum absolute atomic E-state index is 0.102. The van der Waals surface area contributed by atoms with Crippen molar-refractivity contribution in [1.82, 2.24) is 5.32 Å². The molecule has 2 aliphatic carbocycles. The van der Waals surface area contributed by atoms with E-state index >= 15 is 0 Å². The van der Waals surface area contributed by atoms with Crippen LogP contribution in [0.4, 0.5) is 0 Å². The minimum atomic E-state index is -0.365. The molecule has 0 bridgehead atoms. The van der Waals surface area contributed by atoms with Crippen molar-refractivity contribution in [3.63, 3.8) is 0 Å². The molecule has 1 N–H and O–H groups in total. The van der Waals surface area contributed by atoms with Gasteiger partial charge < -0.3 is 10.1 Å². The highest BCUT2D eigenvalue weighted by Crippen LogP contribution is 2.51. The molecule has 1 heterocycles. The summed E-state index contributed by atoms with van der Waals surface area (Å²) in [5.74, 6) is 0.513. The van der Waals surface area contributed by atoms with Crippen LogP contribution in [-0.4, -0.2) is 18.2 Å². The van der Waals surface area contributed by atoms with E-state index in [1.165, 1.54) is 0 Å². The van der Waals surface area contributed by atoms with Crippen molar-refractivity contribution < 1.29 is 14.3 Å². The largest absolute Gasteiger partial charge is 0.492 e. The fraction of sp³-hybridized carbons (Fsp3) is 0.538. The number of carbonyl (C=O) groups is 2. The van der Waals surface area contributed by atoms with Gasteiger partial charge in [-0.1, -0.05) is 52.3 Å². The molecule has 0 unspecified atom stereocenters. The summed E-state index contributed by atoms with van der Waals surface area (Å²) in [6.45, 7) is 11.2. The fourth-order valence-electron chi connectivity index (χ4n) is 5.25. The van der Waals surface area contributed by atoms with Gasteiger partial charge in [-0.05, 0) is 47.8 Å². The molecule has 5 heteroatoms. The molecule has 0 aromatic heterocycles. The molecule has 4 nitrogen and oxygen atoms in total. The molecule has 1 aliphatic heterocycles. The Kier molecular flexibility index (Phi) is 5.58. The number of ether oxygens (including phenoxy) is 1. The second-order valence-electron chi connectivity index (χ2n) is 10.8. The molecule has 0 saturated carbocycles. The highest BCUT2D eigenvalue weighted by atomic mass is 35.5. The summed E-state index contributed by atoms with van der Waals surface area (Å²) in [5.41, 5.74) is 4.10. The SMILES string of the molecule is CCCOc1ccc(C2C3=C(CC(C)(C)CC3=O)NC3=C2C(=O)CC(C)(C)C3)cc1Cl. The van der Waals surface area contributed by atoms with Crippen molar-refractivity contribution in [2.75, 3.05) is 6.61 Å². The highest BCUT2D eigenvalue weighted by molar-refractivity contribution is 6.32. The van der Waals surface area contributed by atoms with Crippen molar-refractivity contribution in [1.29, 1.82) is 0 Å². The van der Waals surface area contributed by atoms with Crippen LogP contribution in [0.2, 0.25) is 5.02 Å². The van der Waals surface area contributed by atoms with Crippen molar-refractivity contribution in [2.24, 2.45) is 10.8 Å². The standard InChI is InChI=1S/C26H32ClNO3/c1-6-9-31-21-8-7-15(10-16(21)27)22-23-17(11-25(2,3)13-19(23)29)28-18-12-26(4,5)14-20(30)24(18)22/h7-8,10,22,28H,6,9,11-14H2,1-5H3. The van der Waals surface area contributed by atoms with Crippen LogP contribution in [0.25, 0.3) is 0 Å². The molecule has 0 spiro atoms. The molecule has 1 aromatic carbocycles. The van der Waals surface area contributed by atoms with Crippen LogP contribution in [-0.2, 0) is 9.59 Å². The van der Waals surface area contributed by atoms with Crippen molar-refractivity contribution in [2.45, 2.75) is 72.6 Å². The van der Waals surface area contributed by atoms with Crippen molar-refractivity contribution >= 4 is 23.2 Å². The molecular weight excluding hydrogens is 410 g/mol. The van der Waals surface area contributed by atoms with Crippen molar-refractivity contribution in [3.05, 3.63) is 51.3 Å².